The lowest BCUT2D eigenvalue weighted by molar-refractivity contribution is -0.690. The SMILES string of the molecule is CCc1n(C(c2ccccc2)c2cc3ccccc3o2)cc[n+]1CC(=O)c1ccc2ccccc2c1.[Br-]. The van der Waals surface area contributed by atoms with E-state index >= 15 is 0 Å². The first-order valence-electron chi connectivity index (χ1n) is 12.4. The first-order valence-corrected chi connectivity index (χ1v) is 12.4. The second kappa shape index (κ2) is 10.6. The minimum atomic E-state index is -0.134. The van der Waals surface area contributed by atoms with Gasteiger partial charge in [-0.05, 0) is 29.0 Å². The van der Waals surface area contributed by atoms with Gasteiger partial charge in [-0.3, -0.25) is 4.79 Å². The molecule has 0 saturated carbocycles. The Kier molecular flexibility index (Phi) is 7.06. The van der Waals surface area contributed by atoms with Gasteiger partial charge in [-0.15, -0.1) is 0 Å². The van der Waals surface area contributed by atoms with E-state index in [1.54, 1.807) is 0 Å². The van der Waals surface area contributed by atoms with Crippen LogP contribution in [0.4, 0.5) is 0 Å². The van der Waals surface area contributed by atoms with Gasteiger partial charge in [-0.25, -0.2) is 9.13 Å². The summed E-state index contributed by atoms with van der Waals surface area (Å²) in [6, 6.07) is 34.5. The molecule has 0 aliphatic carbocycles. The second-order valence-corrected chi connectivity index (χ2v) is 9.09. The molecule has 0 saturated heterocycles. The van der Waals surface area contributed by atoms with E-state index in [1.165, 1.54) is 0 Å². The molecule has 37 heavy (non-hydrogen) atoms. The van der Waals surface area contributed by atoms with Crippen LogP contribution < -0.4 is 21.5 Å². The highest BCUT2D eigenvalue weighted by Crippen LogP contribution is 2.32. The molecule has 1 atom stereocenters. The maximum absolute atomic E-state index is 13.3. The van der Waals surface area contributed by atoms with E-state index in [0.29, 0.717) is 0 Å². The Morgan fingerprint density at radius 3 is 2.30 bits per heavy atom. The van der Waals surface area contributed by atoms with Gasteiger partial charge >= 0.3 is 0 Å². The number of aromatic nitrogens is 2. The van der Waals surface area contributed by atoms with Crippen LogP contribution >= 0.6 is 0 Å². The summed E-state index contributed by atoms with van der Waals surface area (Å²) in [7, 11) is 0. The number of Topliss-reactive ketones (excluding diaryl/α,β-unsaturated/α-hetero) is 1. The number of hydrogen-bond acceptors (Lipinski definition) is 2. The Balaban J connectivity index is 0.00000280. The van der Waals surface area contributed by atoms with Crippen molar-refractivity contribution in [3.8, 4) is 0 Å². The normalized spacial score (nSPS) is 11.9. The van der Waals surface area contributed by atoms with Gasteiger partial charge in [0.1, 0.15) is 18.0 Å². The van der Waals surface area contributed by atoms with Crippen LogP contribution in [0.15, 0.2) is 120 Å². The number of ketones is 1. The average molecular weight is 551 g/mol. The van der Waals surface area contributed by atoms with Crippen molar-refractivity contribution in [3.63, 3.8) is 0 Å². The van der Waals surface area contributed by atoms with Crippen molar-refractivity contribution in [2.75, 3.05) is 0 Å². The van der Waals surface area contributed by atoms with Crippen LogP contribution in [0.2, 0.25) is 0 Å². The molecule has 0 N–H and O–H groups in total. The number of carbonyl (C=O) groups excluding carboxylic acids is 1. The summed E-state index contributed by atoms with van der Waals surface area (Å²) in [5.74, 6) is 2.04. The molecule has 0 aliphatic heterocycles. The molecule has 4 nitrogen and oxygen atoms in total. The zero-order chi connectivity index (χ0) is 24.5. The third-order valence-corrected chi connectivity index (χ3v) is 6.85. The van der Waals surface area contributed by atoms with Crippen molar-refractivity contribution in [3.05, 3.63) is 138 Å². The fourth-order valence-electron chi connectivity index (χ4n) is 5.08. The van der Waals surface area contributed by atoms with Crippen LogP contribution in [0.3, 0.4) is 0 Å². The summed E-state index contributed by atoms with van der Waals surface area (Å²) in [6.45, 7) is 2.42. The molecular formula is C32H27BrN2O2. The van der Waals surface area contributed by atoms with Crippen LogP contribution in [-0.2, 0) is 13.0 Å². The minimum absolute atomic E-state index is 0. The van der Waals surface area contributed by atoms with Crippen LogP contribution in [0, 0.1) is 0 Å². The number of para-hydroxylation sites is 1. The summed E-state index contributed by atoms with van der Waals surface area (Å²) in [4.78, 5) is 13.3. The smallest absolute Gasteiger partial charge is 0.257 e. The third kappa shape index (κ3) is 4.75. The molecule has 4 aromatic carbocycles. The average Bonchev–Trinajstić information content (AvgIpc) is 3.53. The topological polar surface area (TPSA) is 39.0 Å². The molecule has 1 unspecified atom stereocenters. The highest BCUT2D eigenvalue weighted by atomic mass is 79.9. The molecule has 6 rings (SSSR count). The van der Waals surface area contributed by atoms with Crippen molar-refractivity contribution in [1.82, 2.24) is 4.57 Å². The molecule has 6 aromatic rings. The molecule has 2 aromatic heterocycles. The molecule has 0 bridgehead atoms. The molecule has 5 heteroatoms. The minimum Gasteiger partial charge on any atom is -1.00 e. The van der Waals surface area contributed by atoms with E-state index < -0.39 is 0 Å². The first kappa shape index (κ1) is 24.7. The highest BCUT2D eigenvalue weighted by molar-refractivity contribution is 5.99. The van der Waals surface area contributed by atoms with Gasteiger partial charge in [-0.1, -0.05) is 91.9 Å². The highest BCUT2D eigenvalue weighted by Gasteiger charge is 2.30. The van der Waals surface area contributed by atoms with Gasteiger partial charge in [0.05, 0.1) is 0 Å². The Morgan fingerprint density at radius 2 is 1.54 bits per heavy atom. The van der Waals surface area contributed by atoms with Gasteiger partial charge in [0.25, 0.3) is 5.82 Å². The maximum atomic E-state index is 13.3. The van der Waals surface area contributed by atoms with E-state index in [-0.39, 0.29) is 35.4 Å². The van der Waals surface area contributed by atoms with Gasteiger partial charge in [0, 0.05) is 22.9 Å². The van der Waals surface area contributed by atoms with E-state index in [9.17, 15) is 4.79 Å². The molecule has 2 heterocycles. The van der Waals surface area contributed by atoms with E-state index in [2.05, 4.69) is 64.7 Å². The van der Waals surface area contributed by atoms with E-state index in [0.717, 1.165) is 50.9 Å². The summed E-state index contributed by atoms with van der Waals surface area (Å²) in [5.41, 5.74) is 2.74. The molecule has 0 radical (unpaired) electrons. The zero-order valence-corrected chi connectivity index (χ0v) is 22.1. The number of imidazole rings is 1. The molecule has 0 spiro atoms. The Hall–Kier alpha value is -3.96. The summed E-state index contributed by atoms with van der Waals surface area (Å²) in [6.07, 6.45) is 4.86. The number of carbonyl (C=O) groups is 1. The van der Waals surface area contributed by atoms with Crippen molar-refractivity contribution in [2.45, 2.75) is 25.9 Å². The number of nitrogens with zero attached hydrogens (tertiary/aromatic N) is 2. The van der Waals surface area contributed by atoms with Gasteiger partial charge < -0.3 is 21.4 Å². The van der Waals surface area contributed by atoms with Crippen molar-refractivity contribution < 1.29 is 30.8 Å². The van der Waals surface area contributed by atoms with Gasteiger partial charge in [0.15, 0.2) is 18.3 Å². The predicted molar refractivity (Wildman–Crippen MR) is 142 cm³/mol. The lowest BCUT2D eigenvalue weighted by Gasteiger charge is -2.14. The third-order valence-electron chi connectivity index (χ3n) is 6.85. The monoisotopic (exact) mass is 550 g/mol. The number of halogens is 1. The molecule has 0 aliphatic rings. The Morgan fingerprint density at radius 1 is 0.838 bits per heavy atom. The van der Waals surface area contributed by atoms with Crippen molar-refractivity contribution >= 4 is 27.5 Å². The fraction of sp³-hybridized carbons (Fsp3) is 0.125. The molecule has 0 fully saturated rings. The number of furan rings is 1. The summed E-state index contributed by atoms with van der Waals surface area (Å²) in [5, 5.41) is 3.30. The second-order valence-electron chi connectivity index (χ2n) is 9.09. The zero-order valence-electron chi connectivity index (χ0n) is 20.6. The molecule has 0 amide bonds. The largest absolute Gasteiger partial charge is 1.00 e. The Bertz CT molecular complexity index is 1650. The van der Waals surface area contributed by atoms with E-state index in [1.807, 2.05) is 66.9 Å². The first-order chi connectivity index (χ1) is 17.7. The summed E-state index contributed by atoms with van der Waals surface area (Å²) < 4.78 is 10.6. The molecular weight excluding hydrogens is 524 g/mol. The lowest BCUT2D eigenvalue weighted by Crippen LogP contribution is -3.00. The number of hydrogen-bond donors (Lipinski definition) is 0. The van der Waals surface area contributed by atoms with Crippen LogP contribution in [0.25, 0.3) is 21.7 Å². The maximum Gasteiger partial charge on any atom is 0.257 e. The van der Waals surface area contributed by atoms with Gasteiger partial charge in [-0.2, -0.15) is 0 Å². The van der Waals surface area contributed by atoms with Gasteiger partial charge in [0.2, 0.25) is 5.78 Å². The summed E-state index contributed by atoms with van der Waals surface area (Å²) >= 11 is 0. The van der Waals surface area contributed by atoms with Crippen LogP contribution in [-0.4, -0.2) is 10.4 Å². The quantitative estimate of drug-likeness (QED) is 0.224. The number of benzene rings is 4. The lowest BCUT2D eigenvalue weighted by atomic mass is 10.0. The number of fused-ring (bicyclic) bond motifs is 2. The van der Waals surface area contributed by atoms with Crippen LogP contribution in [0.1, 0.15) is 40.5 Å². The number of rotatable bonds is 7. The standard InChI is InChI=1S/C32H27N2O2.BrH/c1-2-31-33(22-28(35)26-17-16-23-10-6-7-13-25(23)20-26)18-19-34(31)32(24-11-4-3-5-12-24)30-21-27-14-8-9-15-29(27)36-30;/h3-21,32H,2,22H2,1H3;1H/q+1;/p-1. The Labute approximate surface area is 226 Å². The molecule has 184 valence electrons. The van der Waals surface area contributed by atoms with Crippen molar-refractivity contribution in [2.24, 2.45) is 0 Å². The van der Waals surface area contributed by atoms with E-state index in [4.69, 9.17) is 4.42 Å². The van der Waals surface area contributed by atoms with Crippen molar-refractivity contribution in [1.29, 1.82) is 0 Å². The van der Waals surface area contributed by atoms with Crippen LogP contribution in [0.5, 0.6) is 0 Å². The predicted octanol–water partition coefficient (Wildman–Crippen LogP) is 3.76. The fourth-order valence-corrected chi connectivity index (χ4v) is 5.08.